The quantitative estimate of drug-likeness (QED) is 0.641. The maximum Gasteiger partial charge on any atom is 0.380 e. The van der Waals surface area contributed by atoms with Crippen LogP contribution in [-0.4, -0.2) is 28.6 Å². The van der Waals surface area contributed by atoms with Gasteiger partial charge in [-0.2, -0.15) is 8.78 Å². The number of hydrogen-bond acceptors (Lipinski definition) is 3. The van der Waals surface area contributed by atoms with Crippen LogP contribution < -0.4 is 0 Å². The molecule has 7 heteroatoms. The van der Waals surface area contributed by atoms with Crippen LogP contribution in [-0.2, 0) is 9.53 Å². The van der Waals surface area contributed by atoms with Gasteiger partial charge in [0.1, 0.15) is 0 Å². The third kappa shape index (κ3) is 3.40. The van der Waals surface area contributed by atoms with E-state index >= 15 is 0 Å². The molecule has 1 aromatic rings. The van der Waals surface area contributed by atoms with Crippen molar-refractivity contribution in [1.29, 1.82) is 0 Å². The Kier molecular flexibility index (Phi) is 4.49. The minimum atomic E-state index is -4.17. The van der Waals surface area contributed by atoms with Crippen molar-refractivity contribution in [3.8, 4) is 0 Å². The molecule has 0 radical (unpaired) electrons. The molecule has 1 aromatic carbocycles. The van der Waals surface area contributed by atoms with Gasteiger partial charge in [0.05, 0.1) is 5.56 Å². The summed E-state index contributed by atoms with van der Waals surface area (Å²) in [5, 5.41) is 8.45. The summed E-state index contributed by atoms with van der Waals surface area (Å²) in [5.41, 5.74) is -2.37. The summed E-state index contributed by atoms with van der Waals surface area (Å²) in [6.45, 7) is 1.71. The number of esters is 1. The number of carbonyl (C=O) groups excluding carboxylic acids is 1. The minimum Gasteiger partial charge on any atom is -0.477 e. The molecule has 0 fully saturated rings. The molecule has 0 atom stereocenters. The molecule has 1 rings (SSSR count). The first-order valence-corrected chi connectivity index (χ1v) is 6.26. The standard InChI is InChI=1S/C12H11F2IO4/c1-11(2,12(13,14)10(17)18)19-9(16)7-3-5-8(15)6-4-7/h3-6H,1-2H3,(H,17,18). The highest BCUT2D eigenvalue weighted by molar-refractivity contribution is 14.1. The molecule has 1 N–H and O–H groups in total. The van der Waals surface area contributed by atoms with Crippen LogP contribution in [0, 0.1) is 3.57 Å². The van der Waals surface area contributed by atoms with E-state index in [0.29, 0.717) is 0 Å². The molecule has 0 amide bonds. The number of alkyl halides is 2. The molecule has 0 bridgehead atoms. The first kappa shape index (κ1) is 15.8. The summed E-state index contributed by atoms with van der Waals surface area (Å²) in [6, 6.07) is 6.05. The van der Waals surface area contributed by atoms with Crippen LogP contribution >= 0.6 is 22.6 Å². The van der Waals surface area contributed by atoms with E-state index in [0.717, 1.165) is 17.4 Å². The molecule has 0 aliphatic rings. The van der Waals surface area contributed by atoms with Crippen LogP contribution in [0.3, 0.4) is 0 Å². The second kappa shape index (κ2) is 5.40. The fourth-order valence-electron chi connectivity index (χ4n) is 1.20. The van der Waals surface area contributed by atoms with Gasteiger partial charge in [0.25, 0.3) is 0 Å². The smallest absolute Gasteiger partial charge is 0.380 e. The monoisotopic (exact) mass is 384 g/mol. The van der Waals surface area contributed by atoms with Crippen LogP contribution in [0.1, 0.15) is 24.2 Å². The molecule has 0 unspecified atom stereocenters. The van der Waals surface area contributed by atoms with Gasteiger partial charge < -0.3 is 9.84 Å². The van der Waals surface area contributed by atoms with Gasteiger partial charge in [-0.05, 0) is 60.7 Å². The summed E-state index contributed by atoms with van der Waals surface area (Å²) in [5.74, 6) is -7.51. The van der Waals surface area contributed by atoms with Crippen molar-refractivity contribution in [2.24, 2.45) is 0 Å². The molecule has 0 aliphatic carbocycles. The fourth-order valence-corrected chi connectivity index (χ4v) is 1.56. The van der Waals surface area contributed by atoms with Crippen molar-refractivity contribution in [2.45, 2.75) is 25.4 Å². The fraction of sp³-hybridized carbons (Fsp3) is 0.333. The molecule has 0 saturated heterocycles. The van der Waals surface area contributed by atoms with Gasteiger partial charge >= 0.3 is 17.9 Å². The lowest BCUT2D eigenvalue weighted by Gasteiger charge is -2.30. The van der Waals surface area contributed by atoms with E-state index in [1.807, 2.05) is 22.6 Å². The summed E-state index contributed by atoms with van der Waals surface area (Å²) < 4.78 is 32.3. The van der Waals surface area contributed by atoms with E-state index in [1.165, 1.54) is 12.1 Å². The average Bonchev–Trinajstić information content (AvgIpc) is 2.28. The Labute approximate surface area is 121 Å². The molecule has 104 valence electrons. The van der Waals surface area contributed by atoms with Gasteiger partial charge in [-0.15, -0.1) is 0 Å². The van der Waals surface area contributed by atoms with Crippen molar-refractivity contribution in [3.63, 3.8) is 0 Å². The van der Waals surface area contributed by atoms with E-state index in [1.54, 1.807) is 12.1 Å². The van der Waals surface area contributed by atoms with Gasteiger partial charge in [0, 0.05) is 3.57 Å². The highest BCUT2D eigenvalue weighted by Crippen LogP contribution is 2.32. The number of benzene rings is 1. The topological polar surface area (TPSA) is 63.6 Å². The summed E-state index contributed by atoms with van der Waals surface area (Å²) >= 11 is 2.02. The Morgan fingerprint density at radius 3 is 2.11 bits per heavy atom. The van der Waals surface area contributed by atoms with E-state index < -0.39 is 23.5 Å². The van der Waals surface area contributed by atoms with Gasteiger partial charge in [-0.1, -0.05) is 0 Å². The Morgan fingerprint density at radius 2 is 1.68 bits per heavy atom. The third-order valence-electron chi connectivity index (χ3n) is 2.45. The van der Waals surface area contributed by atoms with E-state index in [9.17, 15) is 18.4 Å². The molecule has 0 spiro atoms. The summed E-state index contributed by atoms with van der Waals surface area (Å²) in [4.78, 5) is 22.2. The molecule has 4 nitrogen and oxygen atoms in total. The average molecular weight is 384 g/mol. The number of hydrogen-bond donors (Lipinski definition) is 1. The van der Waals surface area contributed by atoms with Crippen LogP contribution in [0.15, 0.2) is 24.3 Å². The molecule has 0 aromatic heterocycles. The van der Waals surface area contributed by atoms with Crippen LogP contribution in [0.4, 0.5) is 8.78 Å². The van der Waals surface area contributed by atoms with Crippen molar-refractivity contribution in [2.75, 3.05) is 0 Å². The number of rotatable bonds is 4. The highest BCUT2D eigenvalue weighted by atomic mass is 127. The lowest BCUT2D eigenvalue weighted by atomic mass is 10.0. The second-order valence-corrected chi connectivity index (χ2v) is 5.53. The molecular weight excluding hydrogens is 373 g/mol. The van der Waals surface area contributed by atoms with Crippen molar-refractivity contribution >= 4 is 34.5 Å². The highest BCUT2D eigenvalue weighted by Gasteiger charge is 2.56. The SMILES string of the molecule is CC(C)(OC(=O)c1ccc(I)cc1)C(F)(F)C(=O)O. The molecule has 0 saturated carbocycles. The number of carboxylic acid groups (broad SMARTS) is 1. The van der Waals surface area contributed by atoms with Crippen LogP contribution in [0.2, 0.25) is 0 Å². The Balaban J connectivity index is 2.92. The lowest BCUT2D eigenvalue weighted by molar-refractivity contribution is -0.200. The van der Waals surface area contributed by atoms with Gasteiger partial charge in [0.2, 0.25) is 0 Å². The molecular formula is C12H11F2IO4. The zero-order valence-corrected chi connectivity index (χ0v) is 12.3. The Hall–Kier alpha value is -1.25. The maximum absolute atomic E-state index is 13.4. The van der Waals surface area contributed by atoms with Crippen LogP contribution in [0.25, 0.3) is 0 Å². The van der Waals surface area contributed by atoms with E-state index in [4.69, 9.17) is 5.11 Å². The van der Waals surface area contributed by atoms with Gasteiger partial charge in [-0.3, -0.25) is 0 Å². The first-order chi connectivity index (χ1) is 8.58. The second-order valence-electron chi connectivity index (χ2n) is 4.29. The zero-order valence-electron chi connectivity index (χ0n) is 10.1. The molecule has 19 heavy (non-hydrogen) atoms. The lowest BCUT2D eigenvalue weighted by Crippen LogP contribution is -2.51. The first-order valence-electron chi connectivity index (χ1n) is 5.18. The van der Waals surface area contributed by atoms with Crippen molar-refractivity contribution < 1.29 is 28.2 Å². The summed E-state index contributed by atoms with van der Waals surface area (Å²) in [6.07, 6.45) is 0. The largest absolute Gasteiger partial charge is 0.477 e. The number of aliphatic carboxylic acids is 1. The zero-order chi connectivity index (χ0) is 14.8. The van der Waals surface area contributed by atoms with E-state index in [-0.39, 0.29) is 5.56 Å². The van der Waals surface area contributed by atoms with Crippen molar-refractivity contribution in [1.82, 2.24) is 0 Å². The predicted molar refractivity (Wildman–Crippen MR) is 71.2 cm³/mol. The maximum atomic E-state index is 13.4. The molecule has 0 aliphatic heterocycles. The van der Waals surface area contributed by atoms with E-state index in [2.05, 4.69) is 4.74 Å². The Morgan fingerprint density at radius 1 is 1.21 bits per heavy atom. The van der Waals surface area contributed by atoms with Crippen molar-refractivity contribution in [3.05, 3.63) is 33.4 Å². The van der Waals surface area contributed by atoms with Gasteiger partial charge in [-0.25, -0.2) is 9.59 Å². The number of carboxylic acids is 1. The summed E-state index contributed by atoms with van der Waals surface area (Å²) in [7, 11) is 0. The number of carbonyl (C=O) groups is 2. The number of halogens is 3. The third-order valence-corrected chi connectivity index (χ3v) is 3.17. The minimum absolute atomic E-state index is 0.0784. The molecule has 0 heterocycles. The predicted octanol–water partition coefficient (Wildman–Crippen LogP) is 2.95. The normalized spacial score (nSPS) is 12.1. The van der Waals surface area contributed by atoms with Crippen LogP contribution in [0.5, 0.6) is 0 Å². The number of ether oxygens (including phenoxy) is 1. The Bertz CT molecular complexity index is 497. The van der Waals surface area contributed by atoms with Gasteiger partial charge in [0.15, 0.2) is 5.60 Å².